The first-order valence-corrected chi connectivity index (χ1v) is 6.90. The molecule has 1 saturated heterocycles. The van der Waals surface area contributed by atoms with Crippen LogP contribution >= 0.6 is 12.6 Å². The molecule has 1 aromatic carbocycles. The first-order chi connectivity index (χ1) is 9.15. The fraction of sp³-hybridized carbons (Fsp3) is 0.429. The van der Waals surface area contributed by atoms with E-state index >= 15 is 0 Å². The van der Waals surface area contributed by atoms with E-state index < -0.39 is 0 Å². The van der Waals surface area contributed by atoms with Gasteiger partial charge in [0.15, 0.2) is 0 Å². The molecule has 1 N–H and O–H groups in total. The standard InChI is InChI=1S/C14H18N2O2S/c1-15-13(17)11-7-4-5-9-16(11)14(18)10-6-2-3-8-12(10)19/h2-3,6,8,11,19H,4-5,7,9H2,1H3,(H,15,17). The molecule has 0 radical (unpaired) electrons. The van der Waals surface area contributed by atoms with Gasteiger partial charge in [0, 0.05) is 18.5 Å². The molecule has 1 aliphatic heterocycles. The van der Waals surface area contributed by atoms with Crippen molar-refractivity contribution in [1.29, 1.82) is 0 Å². The van der Waals surface area contributed by atoms with Crippen molar-refractivity contribution < 1.29 is 9.59 Å². The van der Waals surface area contributed by atoms with Gasteiger partial charge in [0.25, 0.3) is 5.91 Å². The molecule has 0 aliphatic carbocycles. The molecule has 1 fully saturated rings. The van der Waals surface area contributed by atoms with E-state index in [-0.39, 0.29) is 17.9 Å². The maximum Gasteiger partial charge on any atom is 0.255 e. The summed E-state index contributed by atoms with van der Waals surface area (Å²) in [5.41, 5.74) is 0.557. The smallest absolute Gasteiger partial charge is 0.255 e. The van der Waals surface area contributed by atoms with Crippen molar-refractivity contribution in [2.75, 3.05) is 13.6 Å². The average Bonchev–Trinajstić information content (AvgIpc) is 2.46. The van der Waals surface area contributed by atoms with Crippen molar-refractivity contribution in [2.24, 2.45) is 0 Å². The Labute approximate surface area is 118 Å². The Balaban J connectivity index is 2.25. The van der Waals surface area contributed by atoms with Crippen LogP contribution < -0.4 is 5.32 Å². The van der Waals surface area contributed by atoms with Crippen molar-refractivity contribution >= 4 is 24.4 Å². The number of likely N-dealkylation sites (N-methyl/N-ethyl adjacent to an activating group) is 1. The Kier molecular flexibility index (Phi) is 4.47. The maximum atomic E-state index is 12.5. The predicted molar refractivity (Wildman–Crippen MR) is 76.4 cm³/mol. The van der Waals surface area contributed by atoms with Gasteiger partial charge in [-0.3, -0.25) is 9.59 Å². The average molecular weight is 278 g/mol. The van der Waals surface area contributed by atoms with Crippen LogP contribution in [0.4, 0.5) is 0 Å². The number of amides is 2. The molecule has 0 spiro atoms. The molecule has 0 aromatic heterocycles. The normalized spacial score (nSPS) is 19.1. The van der Waals surface area contributed by atoms with Crippen molar-refractivity contribution in [3.05, 3.63) is 29.8 Å². The zero-order valence-electron chi connectivity index (χ0n) is 10.9. The van der Waals surface area contributed by atoms with Crippen molar-refractivity contribution in [3.8, 4) is 0 Å². The number of rotatable bonds is 2. The molecule has 5 heteroatoms. The number of piperidine rings is 1. The second-order valence-electron chi connectivity index (χ2n) is 4.64. The van der Waals surface area contributed by atoms with Gasteiger partial charge in [-0.15, -0.1) is 12.6 Å². The van der Waals surface area contributed by atoms with Crippen LogP contribution in [0, 0.1) is 0 Å². The molecule has 19 heavy (non-hydrogen) atoms. The van der Waals surface area contributed by atoms with Gasteiger partial charge in [-0.25, -0.2) is 0 Å². The van der Waals surface area contributed by atoms with Crippen molar-refractivity contribution in [1.82, 2.24) is 10.2 Å². The van der Waals surface area contributed by atoms with Crippen LogP contribution in [-0.4, -0.2) is 36.3 Å². The summed E-state index contributed by atoms with van der Waals surface area (Å²) in [5.74, 6) is -0.205. The van der Waals surface area contributed by atoms with Crippen LogP contribution in [0.25, 0.3) is 0 Å². The molecule has 1 aromatic rings. The van der Waals surface area contributed by atoms with Gasteiger partial charge in [0.05, 0.1) is 5.56 Å². The molecule has 2 amide bonds. The fourth-order valence-corrected chi connectivity index (χ4v) is 2.68. The molecule has 4 nitrogen and oxygen atoms in total. The minimum absolute atomic E-state index is 0.0929. The van der Waals surface area contributed by atoms with Crippen LogP contribution in [0.5, 0.6) is 0 Å². The first-order valence-electron chi connectivity index (χ1n) is 6.45. The number of likely N-dealkylation sites (tertiary alicyclic amines) is 1. The summed E-state index contributed by atoms with van der Waals surface area (Å²) in [4.78, 5) is 26.7. The third-order valence-electron chi connectivity index (χ3n) is 3.45. The Bertz CT molecular complexity index is 490. The molecule has 102 valence electrons. The highest BCUT2D eigenvalue weighted by molar-refractivity contribution is 7.80. The number of hydrogen-bond acceptors (Lipinski definition) is 3. The summed E-state index contributed by atoms with van der Waals surface area (Å²) in [6.45, 7) is 0.624. The van der Waals surface area contributed by atoms with Gasteiger partial charge >= 0.3 is 0 Å². The summed E-state index contributed by atoms with van der Waals surface area (Å²) < 4.78 is 0. The molecular formula is C14H18N2O2S. The van der Waals surface area contributed by atoms with Gasteiger partial charge < -0.3 is 10.2 Å². The lowest BCUT2D eigenvalue weighted by Gasteiger charge is -2.34. The number of carbonyl (C=O) groups excluding carboxylic acids is 2. The highest BCUT2D eigenvalue weighted by Gasteiger charge is 2.32. The van der Waals surface area contributed by atoms with E-state index in [0.717, 1.165) is 19.3 Å². The topological polar surface area (TPSA) is 49.4 Å². The summed E-state index contributed by atoms with van der Waals surface area (Å²) >= 11 is 4.31. The summed E-state index contributed by atoms with van der Waals surface area (Å²) in [5, 5.41) is 2.63. The van der Waals surface area contributed by atoms with Gasteiger partial charge in [0.1, 0.15) is 6.04 Å². The van der Waals surface area contributed by atoms with E-state index in [1.807, 2.05) is 12.1 Å². The van der Waals surface area contributed by atoms with Crippen molar-refractivity contribution in [3.63, 3.8) is 0 Å². The second-order valence-corrected chi connectivity index (χ2v) is 5.12. The zero-order valence-corrected chi connectivity index (χ0v) is 11.8. The number of nitrogens with zero attached hydrogens (tertiary/aromatic N) is 1. The lowest BCUT2D eigenvalue weighted by atomic mass is 10.00. The molecule has 1 atom stereocenters. The highest BCUT2D eigenvalue weighted by Crippen LogP contribution is 2.22. The summed E-state index contributed by atoms with van der Waals surface area (Å²) in [6, 6.07) is 6.83. The first kappa shape index (κ1) is 13.9. The zero-order chi connectivity index (χ0) is 13.8. The van der Waals surface area contributed by atoms with E-state index in [2.05, 4.69) is 17.9 Å². The molecule has 0 saturated carbocycles. The van der Waals surface area contributed by atoms with Crippen LogP contribution in [0.1, 0.15) is 29.6 Å². The van der Waals surface area contributed by atoms with Gasteiger partial charge in [0.2, 0.25) is 5.91 Å². The minimum Gasteiger partial charge on any atom is -0.357 e. The molecule has 0 bridgehead atoms. The van der Waals surface area contributed by atoms with Gasteiger partial charge in [-0.2, -0.15) is 0 Å². The van der Waals surface area contributed by atoms with Crippen LogP contribution in [0.3, 0.4) is 0 Å². The number of nitrogens with one attached hydrogen (secondary N) is 1. The Morgan fingerprint density at radius 3 is 2.74 bits per heavy atom. The predicted octanol–water partition coefficient (Wildman–Crippen LogP) is 1.72. The van der Waals surface area contributed by atoms with E-state index in [1.165, 1.54) is 0 Å². The van der Waals surface area contributed by atoms with E-state index in [0.29, 0.717) is 17.0 Å². The number of thiol groups is 1. The molecule has 2 rings (SSSR count). The van der Waals surface area contributed by atoms with Gasteiger partial charge in [-0.05, 0) is 31.4 Å². The quantitative estimate of drug-likeness (QED) is 0.809. The highest BCUT2D eigenvalue weighted by atomic mass is 32.1. The monoisotopic (exact) mass is 278 g/mol. The molecule has 1 unspecified atom stereocenters. The maximum absolute atomic E-state index is 12.5. The largest absolute Gasteiger partial charge is 0.357 e. The minimum atomic E-state index is -0.362. The summed E-state index contributed by atoms with van der Waals surface area (Å²) in [6.07, 6.45) is 2.64. The van der Waals surface area contributed by atoms with Crippen LogP contribution in [0.2, 0.25) is 0 Å². The van der Waals surface area contributed by atoms with Crippen molar-refractivity contribution in [2.45, 2.75) is 30.2 Å². The number of benzene rings is 1. The molecule has 1 heterocycles. The number of carbonyl (C=O) groups is 2. The summed E-state index contributed by atoms with van der Waals surface area (Å²) in [7, 11) is 1.60. The second kappa shape index (κ2) is 6.10. The van der Waals surface area contributed by atoms with Crippen LogP contribution in [0.15, 0.2) is 29.2 Å². The third kappa shape index (κ3) is 2.92. The Morgan fingerprint density at radius 1 is 1.32 bits per heavy atom. The van der Waals surface area contributed by atoms with Crippen LogP contribution in [-0.2, 0) is 4.79 Å². The van der Waals surface area contributed by atoms with E-state index in [1.54, 1.807) is 24.1 Å². The Hall–Kier alpha value is -1.49. The SMILES string of the molecule is CNC(=O)C1CCCCN1C(=O)c1ccccc1S. The lowest BCUT2D eigenvalue weighted by molar-refractivity contribution is -0.126. The van der Waals surface area contributed by atoms with E-state index in [9.17, 15) is 9.59 Å². The number of hydrogen-bond donors (Lipinski definition) is 2. The third-order valence-corrected chi connectivity index (χ3v) is 3.84. The van der Waals surface area contributed by atoms with E-state index in [4.69, 9.17) is 0 Å². The molecule has 1 aliphatic rings. The van der Waals surface area contributed by atoms with Gasteiger partial charge in [-0.1, -0.05) is 12.1 Å². The fourth-order valence-electron chi connectivity index (χ4n) is 2.42. The molecular weight excluding hydrogens is 260 g/mol. The Morgan fingerprint density at radius 2 is 2.05 bits per heavy atom. The lowest BCUT2D eigenvalue weighted by Crippen LogP contribution is -2.51.